The monoisotopic (exact) mass is 201 g/mol. The van der Waals surface area contributed by atoms with Crippen molar-refractivity contribution in [1.29, 1.82) is 0 Å². The highest BCUT2D eigenvalue weighted by atomic mass is 79.9. The summed E-state index contributed by atoms with van der Waals surface area (Å²) in [5.74, 6) is 0. The molecule has 0 bridgehead atoms. The lowest BCUT2D eigenvalue weighted by Gasteiger charge is -1.91. The Bertz CT molecular complexity index is 198. The van der Waals surface area contributed by atoms with Crippen molar-refractivity contribution in [2.45, 2.75) is 13.3 Å². The molecule has 0 amide bonds. The van der Waals surface area contributed by atoms with Crippen LogP contribution in [-0.4, -0.2) is 0 Å². The van der Waals surface area contributed by atoms with E-state index in [1.807, 2.05) is 6.07 Å². The molecular formula is C8H12BrN. The molecule has 10 heavy (non-hydrogen) atoms. The van der Waals surface area contributed by atoms with Crippen LogP contribution in [0.15, 0.2) is 24.4 Å². The summed E-state index contributed by atoms with van der Waals surface area (Å²) >= 11 is 0. The highest BCUT2D eigenvalue weighted by Gasteiger charge is 1.97. The maximum absolute atomic E-state index is 2.16. The quantitative estimate of drug-likeness (QED) is 0.467. The number of aromatic nitrogens is 1. The van der Waals surface area contributed by atoms with Gasteiger partial charge in [0.15, 0.2) is 11.9 Å². The van der Waals surface area contributed by atoms with E-state index in [1.54, 1.807) is 0 Å². The van der Waals surface area contributed by atoms with Crippen molar-refractivity contribution in [2.24, 2.45) is 7.05 Å². The van der Waals surface area contributed by atoms with Gasteiger partial charge in [-0.2, -0.15) is 0 Å². The largest absolute Gasteiger partial charge is 1.00 e. The lowest BCUT2D eigenvalue weighted by atomic mass is 10.3. The first-order valence-electron chi connectivity index (χ1n) is 3.28. The normalized spacial score (nSPS) is 8.60. The molecule has 0 saturated carbocycles. The summed E-state index contributed by atoms with van der Waals surface area (Å²) in [5.41, 5.74) is 1.37. The van der Waals surface area contributed by atoms with Crippen LogP contribution in [0, 0.1) is 0 Å². The molecule has 56 valence electrons. The van der Waals surface area contributed by atoms with Crippen LogP contribution in [0.3, 0.4) is 0 Å². The van der Waals surface area contributed by atoms with Crippen LogP contribution in [0.1, 0.15) is 12.6 Å². The minimum absolute atomic E-state index is 0. The van der Waals surface area contributed by atoms with E-state index >= 15 is 0 Å². The van der Waals surface area contributed by atoms with Crippen LogP contribution in [0.25, 0.3) is 0 Å². The molecule has 1 heterocycles. The molecule has 2 heteroatoms. The summed E-state index contributed by atoms with van der Waals surface area (Å²) in [6, 6.07) is 6.25. The highest BCUT2D eigenvalue weighted by molar-refractivity contribution is 4.96. The third kappa shape index (κ3) is 2.10. The van der Waals surface area contributed by atoms with Crippen LogP contribution in [0.5, 0.6) is 0 Å². The Morgan fingerprint density at radius 1 is 1.40 bits per heavy atom. The Hall–Kier alpha value is -0.370. The van der Waals surface area contributed by atoms with Crippen LogP contribution < -0.4 is 21.5 Å². The van der Waals surface area contributed by atoms with Gasteiger partial charge in [0.1, 0.15) is 7.05 Å². The molecule has 0 aromatic carbocycles. The SMILES string of the molecule is CCc1cccc[n+]1C.[Br-]. The Morgan fingerprint density at radius 2 is 2.10 bits per heavy atom. The van der Waals surface area contributed by atoms with Crippen molar-refractivity contribution >= 4 is 0 Å². The van der Waals surface area contributed by atoms with Gasteiger partial charge in [-0.25, -0.2) is 4.57 Å². The minimum Gasteiger partial charge on any atom is -1.00 e. The number of hydrogen-bond donors (Lipinski definition) is 0. The Labute approximate surface area is 72.5 Å². The number of pyridine rings is 1. The zero-order valence-corrected chi connectivity index (χ0v) is 7.93. The second kappa shape index (κ2) is 4.45. The predicted octanol–water partition coefficient (Wildman–Crippen LogP) is -1.92. The first-order chi connectivity index (χ1) is 4.34. The fourth-order valence-corrected chi connectivity index (χ4v) is 0.926. The van der Waals surface area contributed by atoms with Crippen molar-refractivity contribution in [2.75, 3.05) is 0 Å². The van der Waals surface area contributed by atoms with Gasteiger partial charge in [-0.3, -0.25) is 0 Å². The fourth-order valence-electron chi connectivity index (χ4n) is 0.926. The zero-order valence-electron chi connectivity index (χ0n) is 6.34. The van der Waals surface area contributed by atoms with E-state index in [9.17, 15) is 0 Å². The average molecular weight is 202 g/mol. The summed E-state index contributed by atoms with van der Waals surface area (Å²) in [6.45, 7) is 2.16. The summed E-state index contributed by atoms with van der Waals surface area (Å²) < 4.78 is 2.14. The van der Waals surface area contributed by atoms with Gasteiger partial charge in [0.25, 0.3) is 0 Å². The number of rotatable bonds is 1. The highest BCUT2D eigenvalue weighted by Crippen LogP contribution is 1.89. The van der Waals surface area contributed by atoms with Crippen LogP contribution in [-0.2, 0) is 13.5 Å². The first kappa shape index (κ1) is 9.63. The van der Waals surface area contributed by atoms with Gasteiger partial charge < -0.3 is 17.0 Å². The molecular weight excluding hydrogens is 190 g/mol. The molecule has 0 unspecified atom stereocenters. The smallest absolute Gasteiger partial charge is 0.180 e. The molecule has 0 atom stereocenters. The molecule has 1 nitrogen and oxygen atoms in total. The third-order valence-corrected chi connectivity index (χ3v) is 1.52. The molecule has 0 N–H and O–H groups in total. The van der Waals surface area contributed by atoms with E-state index in [0.29, 0.717) is 0 Å². The second-order valence-electron chi connectivity index (χ2n) is 2.16. The van der Waals surface area contributed by atoms with Gasteiger partial charge in [0, 0.05) is 18.6 Å². The van der Waals surface area contributed by atoms with Crippen LogP contribution >= 0.6 is 0 Å². The lowest BCUT2D eigenvalue weighted by molar-refractivity contribution is -0.679. The maximum atomic E-state index is 2.16. The molecule has 0 spiro atoms. The van der Waals surface area contributed by atoms with E-state index in [1.165, 1.54) is 5.69 Å². The molecule has 0 aliphatic carbocycles. The summed E-state index contributed by atoms with van der Waals surface area (Å²) in [6.07, 6.45) is 3.18. The van der Waals surface area contributed by atoms with Crippen molar-refractivity contribution in [1.82, 2.24) is 0 Å². The molecule has 1 rings (SSSR count). The second-order valence-corrected chi connectivity index (χ2v) is 2.16. The summed E-state index contributed by atoms with van der Waals surface area (Å²) in [5, 5.41) is 0. The molecule has 0 radical (unpaired) electrons. The van der Waals surface area contributed by atoms with Crippen LogP contribution in [0.4, 0.5) is 0 Å². The van der Waals surface area contributed by atoms with E-state index in [-0.39, 0.29) is 17.0 Å². The maximum Gasteiger partial charge on any atom is 0.180 e. The zero-order chi connectivity index (χ0) is 6.69. The number of hydrogen-bond acceptors (Lipinski definition) is 0. The first-order valence-corrected chi connectivity index (χ1v) is 3.28. The summed E-state index contributed by atoms with van der Waals surface area (Å²) in [4.78, 5) is 0. The molecule has 0 aliphatic heterocycles. The van der Waals surface area contributed by atoms with E-state index < -0.39 is 0 Å². The van der Waals surface area contributed by atoms with Gasteiger partial charge in [-0.05, 0) is 0 Å². The topological polar surface area (TPSA) is 3.88 Å². The van der Waals surface area contributed by atoms with Gasteiger partial charge in [0.05, 0.1) is 0 Å². The van der Waals surface area contributed by atoms with Crippen molar-refractivity contribution < 1.29 is 21.5 Å². The number of halogens is 1. The van der Waals surface area contributed by atoms with Gasteiger partial charge >= 0.3 is 0 Å². The van der Waals surface area contributed by atoms with Gasteiger partial charge in [-0.1, -0.05) is 13.0 Å². The molecule has 1 aromatic rings. The Morgan fingerprint density at radius 3 is 2.50 bits per heavy atom. The van der Waals surface area contributed by atoms with Crippen LogP contribution in [0.2, 0.25) is 0 Å². The number of nitrogens with zero attached hydrogens (tertiary/aromatic N) is 1. The molecule has 0 saturated heterocycles. The van der Waals surface area contributed by atoms with Crippen molar-refractivity contribution in [3.05, 3.63) is 30.1 Å². The van der Waals surface area contributed by atoms with Gasteiger partial charge in [-0.15, -0.1) is 0 Å². The van der Waals surface area contributed by atoms with Crippen molar-refractivity contribution in [3.8, 4) is 0 Å². The molecule has 1 aromatic heterocycles. The van der Waals surface area contributed by atoms with E-state index in [0.717, 1.165) is 6.42 Å². The van der Waals surface area contributed by atoms with Gasteiger partial charge in [0.2, 0.25) is 0 Å². The molecule has 0 fully saturated rings. The minimum atomic E-state index is 0. The average Bonchev–Trinajstić information content (AvgIpc) is 1.89. The third-order valence-electron chi connectivity index (χ3n) is 1.52. The number of aryl methyl sites for hydroxylation is 2. The lowest BCUT2D eigenvalue weighted by Crippen LogP contribution is -3.00. The molecule has 0 aliphatic rings. The van der Waals surface area contributed by atoms with E-state index in [4.69, 9.17) is 0 Å². The standard InChI is InChI=1S/C8H12N.BrH/c1-3-8-6-4-5-7-9(8)2;/h4-7H,3H2,1-2H3;1H/q+1;/p-1. The Balaban J connectivity index is 0.000000810. The Kier molecular flexibility index (Phi) is 4.28. The predicted molar refractivity (Wildman–Crippen MR) is 37.0 cm³/mol. The fraction of sp³-hybridized carbons (Fsp3) is 0.375. The van der Waals surface area contributed by atoms with Crippen molar-refractivity contribution in [3.63, 3.8) is 0 Å². The summed E-state index contributed by atoms with van der Waals surface area (Å²) in [7, 11) is 2.07. The van der Waals surface area contributed by atoms with E-state index in [2.05, 4.69) is 36.9 Å².